The van der Waals surface area contributed by atoms with Crippen LogP contribution in [-0.4, -0.2) is 22.3 Å². The van der Waals surface area contributed by atoms with E-state index in [4.69, 9.17) is 11.6 Å². The molecule has 5 aromatic rings. The minimum Gasteiger partial charge on any atom is -0.389 e. The van der Waals surface area contributed by atoms with E-state index in [1.54, 1.807) is 0 Å². The molecule has 1 atom stereocenters. The second kappa shape index (κ2) is 10.2. The van der Waals surface area contributed by atoms with E-state index in [2.05, 4.69) is 84.4 Å². The summed E-state index contributed by atoms with van der Waals surface area (Å²) in [7, 11) is 0. The average Bonchev–Trinajstić information content (AvgIpc) is 3.19. The molecule has 0 radical (unpaired) electrons. The largest absolute Gasteiger partial charge is 0.389 e. The number of nitrogens with zero attached hydrogens (tertiary/aromatic N) is 1. The number of benzene rings is 4. The maximum atomic E-state index is 11.2. The van der Waals surface area contributed by atoms with Crippen molar-refractivity contribution in [1.82, 2.24) is 4.57 Å². The van der Waals surface area contributed by atoms with Crippen LogP contribution in [0.5, 0.6) is 0 Å². The van der Waals surface area contributed by atoms with Gasteiger partial charge in [-0.1, -0.05) is 90.0 Å². The molecular weight excluding hydrogens is 464 g/mol. The number of halogens is 1. The number of rotatable bonds is 7. The quantitative estimate of drug-likeness (QED) is 0.240. The van der Waals surface area contributed by atoms with E-state index in [9.17, 15) is 5.11 Å². The Bertz CT molecular complexity index is 1510. The average molecular weight is 495 g/mol. The number of anilines is 1. The Balaban J connectivity index is 1.62. The number of nitrogens with one attached hydrogen (secondary N) is 1. The smallest absolute Gasteiger partial charge is 0.0891 e. The van der Waals surface area contributed by atoms with Gasteiger partial charge in [0.05, 0.1) is 23.9 Å². The Kier molecular flexibility index (Phi) is 6.86. The predicted octanol–water partition coefficient (Wildman–Crippen LogP) is 8.03. The zero-order chi connectivity index (χ0) is 25.2. The van der Waals surface area contributed by atoms with Crippen molar-refractivity contribution >= 4 is 28.2 Å². The van der Waals surface area contributed by atoms with Crippen molar-refractivity contribution in [2.75, 3.05) is 11.9 Å². The Morgan fingerprint density at radius 3 is 2.14 bits per heavy atom. The highest BCUT2D eigenvalue weighted by Crippen LogP contribution is 2.42. The van der Waals surface area contributed by atoms with Gasteiger partial charge in [0, 0.05) is 28.2 Å². The molecule has 0 saturated heterocycles. The van der Waals surface area contributed by atoms with Crippen LogP contribution in [0.1, 0.15) is 16.7 Å². The van der Waals surface area contributed by atoms with Crippen LogP contribution in [0, 0.1) is 20.8 Å². The third-order valence-electron chi connectivity index (χ3n) is 6.71. The second-order valence-corrected chi connectivity index (χ2v) is 9.95. The van der Waals surface area contributed by atoms with Crippen LogP contribution in [0.2, 0.25) is 5.02 Å². The molecule has 4 heteroatoms. The summed E-state index contributed by atoms with van der Waals surface area (Å²) in [4.78, 5) is 0. The van der Waals surface area contributed by atoms with Gasteiger partial charge < -0.3 is 15.0 Å². The number of aliphatic hydroxyl groups excluding tert-OH is 1. The molecule has 182 valence electrons. The molecule has 0 amide bonds. The highest BCUT2D eigenvalue weighted by Gasteiger charge is 2.23. The van der Waals surface area contributed by atoms with Gasteiger partial charge >= 0.3 is 0 Å². The lowest BCUT2D eigenvalue weighted by atomic mass is 9.97. The molecular formula is C32H31ClN2O. The Labute approximate surface area is 218 Å². The minimum absolute atomic E-state index is 0.416. The third kappa shape index (κ3) is 4.77. The molecule has 0 aliphatic carbocycles. The first-order valence-electron chi connectivity index (χ1n) is 12.3. The van der Waals surface area contributed by atoms with Gasteiger partial charge in [-0.3, -0.25) is 0 Å². The maximum absolute atomic E-state index is 11.2. The number of aromatic nitrogens is 1. The van der Waals surface area contributed by atoms with Crippen molar-refractivity contribution in [1.29, 1.82) is 0 Å². The Hall–Kier alpha value is -3.53. The number of fused-ring (bicyclic) bond motifs is 1. The van der Waals surface area contributed by atoms with Crippen LogP contribution >= 0.6 is 11.6 Å². The van der Waals surface area contributed by atoms with Gasteiger partial charge in [-0.05, 0) is 61.2 Å². The summed E-state index contributed by atoms with van der Waals surface area (Å²) in [6.07, 6.45) is -0.604. The molecule has 1 aromatic heterocycles. The summed E-state index contributed by atoms with van der Waals surface area (Å²) >= 11 is 6.30. The summed E-state index contributed by atoms with van der Waals surface area (Å²) in [5.74, 6) is 0. The van der Waals surface area contributed by atoms with Crippen molar-refractivity contribution in [2.24, 2.45) is 0 Å². The van der Waals surface area contributed by atoms with E-state index in [0.717, 1.165) is 33.0 Å². The van der Waals surface area contributed by atoms with Gasteiger partial charge in [0.2, 0.25) is 0 Å². The van der Waals surface area contributed by atoms with E-state index >= 15 is 0 Å². The summed E-state index contributed by atoms with van der Waals surface area (Å²) < 4.78 is 2.30. The summed E-state index contributed by atoms with van der Waals surface area (Å²) in [6.45, 7) is 7.17. The van der Waals surface area contributed by atoms with Gasteiger partial charge in [0.1, 0.15) is 0 Å². The normalized spacial score (nSPS) is 12.1. The van der Waals surface area contributed by atoms with Crippen molar-refractivity contribution in [3.63, 3.8) is 0 Å². The first kappa shape index (κ1) is 24.2. The van der Waals surface area contributed by atoms with Crippen LogP contribution in [0.15, 0.2) is 91.0 Å². The van der Waals surface area contributed by atoms with E-state index < -0.39 is 6.10 Å². The topological polar surface area (TPSA) is 37.2 Å². The van der Waals surface area contributed by atoms with Crippen molar-refractivity contribution in [2.45, 2.75) is 33.4 Å². The Morgan fingerprint density at radius 1 is 0.806 bits per heavy atom. The summed E-state index contributed by atoms with van der Waals surface area (Å²) in [6, 6.07) is 31.4. The van der Waals surface area contributed by atoms with Crippen molar-refractivity contribution in [3.8, 4) is 22.4 Å². The summed E-state index contributed by atoms with van der Waals surface area (Å²) in [5.41, 5.74) is 10.2. The molecule has 3 nitrogen and oxygen atoms in total. The van der Waals surface area contributed by atoms with Gasteiger partial charge in [0.15, 0.2) is 0 Å². The highest BCUT2D eigenvalue weighted by molar-refractivity contribution is 6.31. The van der Waals surface area contributed by atoms with E-state index in [1.165, 1.54) is 27.6 Å². The van der Waals surface area contributed by atoms with Crippen LogP contribution in [-0.2, 0) is 6.54 Å². The van der Waals surface area contributed by atoms with E-state index in [-0.39, 0.29) is 0 Å². The maximum Gasteiger partial charge on any atom is 0.0891 e. The fourth-order valence-corrected chi connectivity index (χ4v) is 5.25. The second-order valence-electron chi connectivity index (χ2n) is 9.54. The van der Waals surface area contributed by atoms with Gasteiger partial charge in [-0.15, -0.1) is 0 Å². The van der Waals surface area contributed by atoms with Crippen LogP contribution in [0.3, 0.4) is 0 Å². The molecule has 0 bridgehead atoms. The van der Waals surface area contributed by atoms with Crippen molar-refractivity contribution < 1.29 is 5.11 Å². The third-order valence-corrected chi connectivity index (χ3v) is 7.11. The lowest BCUT2D eigenvalue weighted by molar-refractivity contribution is 0.169. The number of aliphatic hydroxyl groups is 1. The molecule has 2 N–H and O–H groups in total. The van der Waals surface area contributed by atoms with Crippen molar-refractivity contribution in [3.05, 3.63) is 113 Å². The first-order chi connectivity index (χ1) is 17.4. The molecule has 1 unspecified atom stereocenters. The van der Waals surface area contributed by atoms with Crippen LogP contribution in [0.25, 0.3) is 33.3 Å². The molecule has 4 aromatic carbocycles. The summed E-state index contributed by atoms with van der Waals surface area (Å²) in [5, 5.41) is 16.5. The zero-order valence-corrected chi connectivity index (χ0v) is 21.7. The molecule has 0 spiro atoms. The Morgan fingerprint density at radius 2 is 1.47 bits per heavy atom. The van der Waals surface area contributed by atoms with Gasteiger partial charge in [0.25, 0.3) is 0 Å². The van der Waals surface area contributed by atoms with Crippen LogP contribution < -0.4 is 5.32 Å². The fourth-order valence-electron chi connectivity index (χ4n) is 5.07. The molecule has 0 fully saturated rings. The standard InChI is InChI=1S/C32H31ClN2O/c1-21-16-23(3)31-28(17-21)30(24-10-6-4-7-11-24)32(25-12-8-5-9-13-25)35(31)20-27(36)19-34-26-15-14-22(2)29(33)18-26/h4-18,27,34,36H,19-20H2,1-3H3. The molecule has 1 heterocycles. The molecule has 36 heavy (non-hydrogen) atoms. The van der Waals surface area contributed by atoms with Gasteiger partial charge in [-0.2, -0.15) is 0 Å². The van der Waals surface area contributed by atoms with E-state index in [0.29, 0.717) is 13.1 Å². The fraction of sp³-hybridized carbons (Fsp3) is 0.188. The highest BCUT2D eigenvalue weighted by atomic mass is 35.5. The lowest BCUT2D eigenvalue weighted by Gasteiger charge is -2.19. The zero-order valence-electron chi connectivity index (χ0n) is 20.9. The monoisotopic (exact) mass is 494 g/mol. The molecule has 0 saturated carbocycles. The number of aryl methyl sites for hydroxylation is 3. The minimum atomic E-state index is -0.604. The number of hydrogen-bond acceptors (Lipinski definition) is 2. The lowest BCUT2D eigenvalue weighted by Crippen LogP contribution is -2.25. The molecule has 0 aliphatic rings. The van der Waals surface area contributed by atoms with Crippen LogP contribution in [0.4, 0.5) is 5.69 Å². The molecule has 0 aliphatic heterocycles. The molecule has 5 rings (SSSR count). The van der Waals surface area contributed by atoms with Gasteiger partial charge in [-0.25, -0.2) is 0 Å². The first-order valence-corrected chi connectivity index (χ1v) is 12.7. The SMILES string of the molecule is Cc1cc(C)c2c(c1)c(-c1ccccc1)c(-c1ccccc1)n2CC(O)CNc1ccc(C)c(Cl)c1. The number of hydrogen-bond donors (Lipinski definition) is 2. The van der Waals surface area contributed by atoms with E-state index in [1.807, 2.05) is 37.3 Å². The predicted molar refractivity (Wildman–Crippen MR) is 153 cm³/mol.